The Morgan fingerprint density at radius 3 is 2.53 bits per heavy atom. The van der Waals surface area contributed by atoms with Crippen LogP contribution in [-0.2, 0) is 16.4 Å². The van der Waals surface area contributed by atoms with Crippen molar-refractivity contribution in [2.24, 2.45) is 0 Å². The molecule has 1 aliphatic heterocycles. The lowest BCUT2D eigenvalue weighted by Crippen LogP contribution is -2.17. The number of nitrogens with one attached hydrogen (secondary N) is 1. The van der Waals surface area contributed by atoms with Crippen molar-refractivity contribution in [3.8, 4) is 16.2 Å². The first-order chi connectivity index (χ1) is 14.5. The summed E-state index contributed by atoms with van der Waals surface area (Å²) in [6.45, 7) is 0.448. The van der Waals surface area contributed by atoms with Crippen molar-refractivity contribution in [1.82, 2.24) is 0 Å². The lowest BCUT2D eigenvalue weighted by Gasteiger charge is -2.16. The van der Waals surface area contributed by atoms with Crippen molar-refractivity contribution in [3.05, 3.63) is 65.0 Å². The minimum Gasteiger partial charge on any atom is -0.488 e. The molecule has 1 N–H and O–H groups in total. The molecule has 1 amide bonds. The minimum absolute atomic E-state index is 0.210. The highest BCUT2D eigenvalue weighted by atomic mass is 32.2. The normalized spacial score (nSPS) is 15.9. The predicted octanol–water partition coefficient (Wildman–Crippen LogP) is 5.28. The van der Waals surface area contributed by atoms with Gasteiger partial charge in [0.15, 0.2) is 9.84 Å². The largest absolute Gasteiger partial charge is 0.488 e. The third kappa shape index (κ3) is 3.42. The number of anilines is 1. The fourth-order valence-electron chi connectivity index (χ4n) is 4.12. The van der Waals surface area contributed by atoms with Gasteiger partial charge in [0.1, 0.15) is 12.4 Å². The van der Waals surface area contributed by atoms with Crippen LogP contribution in [0.1, 0.15) is 40.9 Å². The second-order valence-electron chi connectivity index (χ2n) is 7.68. The topological polar surface area (TPSA) is 72.5 Å². The van der Waals surface area contributed by atoms with Crippen molar-refractivity contribution in [2.45, 2.75) is 42.4 Å². The van der Waals surface area contributed by atoms with E-state index < -0.39 is 9.84 Å². The summed E-state index contributed by atoms with van der Waals surface area (Å²) >= 11 is 1.44. The zero-order valence-electron chi connectivity index (χ0n) is 16.3. The summed E-state index contributed by atoms with van der Waals surface area (Å²) in [5.41, 5.74) is 2.58. The molecule has 2 aliphatic rings. The van der Waals surface area contributed by atoms with Crippen LogP contribution in [0.15, 0.2) is 59.5 Å². The number of ether oxygens (including phenoxy) is 1. The zero-order valence-corrected chi connectivity index (χ0v) is 17.9. The Morgan fingerprint density at radius 1 is 1.03 bits per heavy atom. The molecule has 7 heteroatoms. The van der Waals surface area contributed by atoms with Crippen molar-refractivity contribution in [1.29, 1.82) is 0 Å². The molecule has 0 radical (unpaired) electrons. The minimum atomic E-state index is -3.29. The first-order valence-electron chi connectivity index (χ1n) is 10.0. The maximum absolute atomic E-state index is 12.8. The van der Waals surface area contributed by atoms with Crippen molar-refractivity contribution >= 4 is 32.8 Å². The van der Waals surface area contributed by atoms with Gasteiger partial charge in [-0.05, 0) is 55.3 Å². The lowest BCUT2D eigenvalue weighted by molar-refractivity contribution is 0.103. The summed E-state index contributed by atoms with van der Waals surface area (Å²) in [5, 5.41) is 2.60. The van der Waals surface area contributed by atoms with E-state index in [-0.39, 0.29) is 11.2 Å². The first-order valence-corrected chi connectivity index (χ1v) is 12.4. The number of fused-ring (bicyclic) bond motifs is 3. The molecule has 2 heterocycles. The van der Waals surface area contributed by atoms with Crippen LogP contribution in [0.2, 0.25) is 0 Å². The fraction of sp³-hybridized carbons (Fsp3) is 0.261. The molecule has 1 aliphatic carbocycles. The molecular weight excluding hydrogens is 418 g/mol. The van der Waals surface area contributed by atoms with Gasteiger partial charge >= 0.3 is 0 Å². The van der Waals surface area contributed by atoms with E-state index in [1.165, 1.54) is 11.3 Å². The number of thiophene rings is 1. The zero-order chi connectivity index (χ0) is 20.7. The second kappa shape index (κ2) is 7.56. The molecule has 5 nitrogen and oxygen atoms in total. The van der Waals surface area contributed by atoms with Crippen molar-refractivity contribution in [3.63, 3.8) is 0 Å². The second-order valence-corrected chi connectivity index (χ2v) is 11.0. The monoisotopic (exact) mass is 439 g/mol. The maximum Gasteiger partial charge on any atom is 0.265 e. The number of hydrogen-bond acceptors (Lipinski definition) is 5. The molecule has 3 aromatic rings. The number of carbonyl (C=O) groups excluding carboxylic acids is 1. The van der Waals surface area contributed by atoms with E-state index in [1.54, 1.807) is 24.3 Å². The maximum atomic E-state index is 12.8. The molecule has 0 spiro atoms. The molecule has 0 bridgehead atoms. The Bertz CT molecular complexity index is 1210. The van der Waals surface area contributed by atoms with Crippen LogP contribution < -0.4 is 10.1 Å². The highest BCUT2D eigenvalue weighted by Crippen LogP contribution is 2.42. The summed E-state index contributed by atoms with van der Waals surface area (Å²) in [5.74, 6) is 0.621. The number of carbonyl (C=O) groups is 1. The molecule has 154 valence electrons. The summed E-state index contributed by atoms with van der Waals surface area (Å²) in [4.78, 5) is 14.8. The Morgan fingerprint density at radius 2 is 1.77 bits per heavy atom. The molecule has 0 saturated heterocycles. The van der Waals surface area contributed by atoms with Crippen molar-refractivity contribution < 1.29 is 17.9 Å². The molecule has 1 aromatic heterocycles. The van der Waals surface area contributed by atoms with Gasteiger partial charge in [-0.15, -0.1) is 11.3 Å². The van der Waals surface area contributed by atoms with Crippen molar-refractivity contribution in [2.75, 3.05) is 5.32 Å². The van der Waals surface area contributed by atoms with Gasteiger partial charge in [0, 0.05) is 21.7 Å². The van der Waals surface area contributed by atoms with Crippen LogP contribution in [0.4, 0.5) is 5.69 Å². The number of hydrogen-bond donors (Lipinski definition) is 1. The number of amides is 1. The van der Waals surface area contributed by atoms with Gasteiger partial charge in [-0.25, -0.2) is 8.42 Å². The summed E-state index contributed by atoms with van der Waals surface area (Å²) < 4.78 is 31.2. The van der Waals surface area contributed by atoms with Gasteiger partial charge < -0.3 is 10.1 Å². The third-order valence-corrected chi connectivity index (χ3v) is 9.22. The number of benzene rings is 2. The van der Waals surface area contributed by atoms with Crippen LogP contribution in [0.5, 0.6) is 5.75 Å². The van der Waals surface area contributed by atoms with Gasteiger partial charge in [0.25, 0.3) is 5.91 Å². The SMILES string of the molecule is O=C(Nc1ccc(S(=O)(=O)C2CCCC2)cc1)c1cc2c(s1)-c1ccccc1OC2. The van der Waals surface area contributed by atoms with E-state index in [2.05, 4.69) is 5.32 Å². The number of sulfone groups is 1. The summed E-state index contributed by atoms with van der Waals surface area (Å²) in [6, 6.07) is 16.2. The molecule has 5 rings (SSSR count). The average molecular weight is 440 g/mol. The van der Waals surface area contributed by atoms with Crippen LogP contribution in [-0.4, -0.2) is 19.6 Å². The predicted molar refractivity (Wildman–Crippen MR) is 118 cm³/mol. The van der Waals surface area contributed by atoms with Gasteiger partial charge in [0.2, 0.25) is 0 Å². The van der Waals surface area contributed by atoms with Crippen LogP contribution in [0.25, 0.3) is 10.4 Å². The van der Waals surface area contributed by atoms with Crippen LogP contribution >= 0.6 is 11.3 Å². The Balaban J connectivity index is 1.34. The van der Waals surface area contributed by atoms with Gasteiger partial charge in [-0.1, -0.05) is 25.0 Å². The van der Waals surface area contributed by atoms with E-state index in [9.17, 15) is 13.2 Å². The lowest BCUT2D eigenvalue weighted by atomic mass is 10.1. The van der Waals surface area contributed by atoms with Gasteiger partial charge in [0.05, 0.1) is 15.0 Å². The molecule has 0 unspecified atom stereocenters. The average Bonchev–Trinajstić information content (AvgIpc) is 3.45. The highest BCUT2D eigenvalue weighted by Gasteiger charge is 2.30. The van der Waals surface area contributed by atoms with E-state index in [1.807, 2.05) is 30.3 Å². The molecule has 1 saturated carbocycles. The first kappa shape index (κ1) is 19.3. The molecular formula is C23H21NO4S2. The number of rotatable bonds is 4. The Labute approximate surface area is 179 Å². The fourth-order valence-corrected chi connectivity index (χ4v) is 7.07. The Kier molecular flexibility index (Phi) is 4.87. The molecule has 1 fully saturated rings. The summed E-state index contributed by atoms with van der Waals surface area (Å²) in [6.07, 6.45) is 3.41. The Hall–Kier alpha value is -2.64. The quantitative estimate of drug-likeness (QED) is 0.601. The van der Waals surface area contributed by atoms with Crippen LogP contribution in [0, 0.1) is 0 Å². The van der Waals surface area contributed by atoms with Gasteiger partial charge in [-0.2, -0.15) is 0 Å². The van der Waals surface area contributed by atoms with E-state index >= 15 is 0 Å². The standard InChI is InChI=1S/C23H21NO4S2/c25-23(21-13-15-14-28-20-8-4-3-7-19(20)22(15)29-21)24-16-9-11-18(12-10-16)30(26,27)17-5-1-2-6-17/h3-4,7-13,17H,1-2,5-6,14H2,(H,24,25). The molecule has 0 atom stereocenters. The van der Waals surface area contributed by atoms with Gasteiger partial charge in [-0.3, -0.25) is 4.79 Å². The highest BCUT2D eigenvalue weighted by molar-refractivity contribution is 7.92. The number of para-hydroxylation sites is 1. The molecule has 2 aromatic carbocycles. The third-order valence-electron chi connectivity index (χ3n) is 5.73. The molecule has 30 heavy (non-hydrogen) atoms. The smallest absolute Gasteiger partial charge is 0.265 e. The van der Waals surface area contributed by atoms with Crippen LogP contribution in [0.3, 0.4) is 0 Å². The van der Waals surface area contributed by atoms with E-state index in [4.69, 9.17) is 4.74 Å². The summed E-state index contributed by atoms with van der Waals surface area (Å²) in [7, 11) is -3.29. The van der Waals surface area contributed by atoms with E-state index in [0.29, 0.717) is 22.1 Å². The van der Waals surface area contributed by atoms with E-state index in [0.717, 1.165) is 47.4 Å².